The molecular weight excluding hydrogens is 360 g/mol. The lowest BCUT2D eigenvalue weighted by Gasteiger charge is -2.16. The van der Waals surface area contributed by atoms with Gasteiger partial charge in [0.2, 0.25) is 5.91 Å². The van der Waals surface area contributed by atoms with Gasteiger partial charge in [-0.15, -0.1) is 11.3 Å². The largest absolute Gasteiger partial charge is 0.312 e. The highest BCUT2D eigenvalue weighted by molar-refractivity contribution is 7.14. The van der Waals surface area contributed by atoms with E-state index in [1.54, 1.807) is 18.3 Å². The number of hydrogen-bond donors (Lipinski definition) is 1. The lowest BCUT2D eigenvalue weighted by molar-refractivity contribution is -0.118. The van der Waals surface area contributed by atoms with E-state index in [-0.39, 0.29) is 11.8 Å². The molecule has 0 saturated carbocycles. The van der Waals surface area contributed by atoms with Gasteiger partial charge in [-0.2, -0.15) is 0 Å². The van der Waals surface area contributed by atoms with Crippen LogP contribution in [0.25, 0.3) is 11.3 Å². The van der Waals surface area contributed by atoms with Gasteiger partial charge in [0, 0.05) is 42.0 Å². The first-order valence-electron chi connectivity index (χ1n) is 8.76. The maximum absolute atomic E-state index is 12.2. The molecule has 1 aliphatic heterocycles. The van der Waals surface area contributed by atoms with Gasteiger partial charge in [0.15, 0.2) is 5.13 Å². The summed E-state index contributed by atoms with van der Waals surface area (Å²) in [6.07, 6.45) is 4.51. The van der Waals surface area contributed by atoms with Gasteiger partial charge in [0.25, 0.3) is 5.91 Å². The molecule has 1 aromatic carbocycles. The first kappa shape index (κ1) is 17.4. The van der Waals surface area contributed by atoms with Crippen LogP contribution < -0.4 is 10.2 Å². The Labute approximate surface area is 160 Å². The van der Waals surface area contributed by atoms with Crippen molar-refractivity contribution >= 4 is 34.0 Å². The molecule has 0 fully saturated rings. The second-order valence-corrected chi connectivity index (χ2v) is 7.08. The summed E-state index contributed by atoms with van der Waals surface area (Å²) < 4.78 is 0. The molecule has 1 aliphatic rings. The molecule has 0 bridgehead atoms. The summed E-state index contributed by atoms with van der Waals surface area (Å²) in [4.78, 5) is 34.6. The van der Waals surface area contributed by atoms with Crippen LogP contribution in [0.5, 0.6) is 0 Å². The summed E-state index contributed by atoms with van der Waals surface area (Å²) in [6, 6.07) is 9.47. The van der Waals surface area contributed by atoms with Gasteiger partial charge in [-0.25, -0.2) is 4.98 Å². The minimum absolute atomic E-state index is 0.149. The normalized spacial score (nSPS) is 12.7. The van der Waals surface area contributed by atoms with Crippen LogP contribution in [0.2, 0.25) is 0 Å². The fraction of sp³-hybridized carbons (Fsp3) is 0.200. The number of thiazole rings is 1. The lowest BCUT2D eigenvalue weighted by Crippen LogP contribution is -2.27. The number of benzene rings is 1. The third-order valence-electron chi connectivity index (χ3n) is 4.52. The fourth-order valence-corrected chi connectivity index (χ4v) is 3.86. The van der Waals surface area contributed by atoms with Gasteiger partial charge < -0.3 is 4.90 Å². The van der Waals surface area contributed by atoms with Crippen LogP contribution in [0, 0.1) is 0 Å². The number of nitrogens with one attached hydrogen (secondary N) is 1. The van der Waals surface area contributed by atoms with Crippen LogP contribution in [-0.2, 0) is 11.2 Å². The van der Waals surface area contributed by atoms with Gasteiger partial charge in [-0.3, -0.25) is 19.9 Å². The van der Waals surface area contributed by atoms with Crippen molar-refractivity contribution < 1.29 is 9.59 Å². The molecule has 27 heavy (non-hydrogen) atoms. The first-order chi connectivity index (χ1) is 13.2. The van der Waals surface area contributed by atoms with Crippen molar-refractivity contribution in [2.75, 3.05) is 16.8 Å². The Morgan fingerprint density at radius 1 is 1.30 bits per heavy atom. The van der Waals surface area contributed by atoms with Gasteiger partial charge in [-0.05, 0) is 36.2 Å². The third-order valence-corrected chi connectivity index (χ3v) is 5.28. The lowest BCUT2D eigenvalue weighted by atomic mass is 10.1. The smallest absolute Gasteiger partial charge is 0.259 e. The van der Waals surface area contributed by atoms with Crippen LogP contribution >= 0.6 is 11.3 Å². The second-order valence-electron chi connectivity index (χ2n) is 6.23. The van der Waals surface area contributed by atoms with Crippen LogP contribution in [-0.4, -0.2) is 28.3 Å². The van der Waals surface area contributed by atoms with Crippen molar-refractivity contribution in [1.29, 1.82) is 0 Å². The molecule has 2 amide bonds. The van der Waals surface area contributed by atoms with E-state index in [1.165, 1.54) is 17.5 Å². The van der Waals surface area contributed by atoms with Crippen molar-refractivity contribution in [2.24, 2.45) is 0 Å². The predicted octanol–water partition coefficient (Wildman–Crippen LogP) is 3.76. The molecule has 7 heteroatoms. The van der Waals surface area contributed by atoms with Crippen LogP contribution in [0.3, 0.4) is 0 Å². The topological polar surface area (TPSA) is 75.2 Å². The molecule has 3 heterocycles. The highest BCUT2D eigenvalue weighted by Gasteiger charge is 2.24. The average Bonchev–Trinajstić information content (AvgIpc) is 3.34. The van der Waals surface area contributed by atoms with Crippen LogP contribution in [0.15, 0.2) is 48.1 Å². The summed E-state index contributed by atoms with van der Waals surface area (Å²) in [5, 5.41) is 5.27. The van der Waals surface area contributed by atoms with Gasteiger partial charge >= 0.3 is 0 Å². The Morgan fingerprint density at radius 2 is 2.19 bits per heavy atom. The van der Waals surface area contributed by atoms with Crippen molar-refractivity contribution in [2.45, 2.75) is 19.8 Å². The molecule has 4 rings (SSSR count). The standard InChI is InChI=1S/C20H18N4O2S/c1-2-18(25)24-9-7-14-10-13(5-6-17(14)24)16-12-27-20(22-16)23-19(26)15-4-3-8-21-11-15/h3-6,8,10-12H,2,7,9H2,1H3,(H,22,23,26). The van der Waals surface area contributed by atoms with E-state index in [1.807, 2.05) is 29.3 Å². The molecular formula is C20H18N4O2S. The maximum atomic E-state index is 12.2. The molecule has 0 atom stereocenters. The van der Waals surface area contributed by atoms with Gasteiger partial charge in [-0.1, -0.05) is 13.0 Å². The van der Waals surface area contributed by atoms with Crippen molar-refractivity contribution in [3.05, 3.63) is 59.2 Å². The van der Waals surface area contributed by atoms with Gasteiger partial charge in [0.1, 0.15) is 0 Å². The summed E-state index contributed by atoms with van der Waals surface area (Å²) in [5.41, 5.74) is 4.43. The number of anilines is 2. The molecule has 0 aliphatic carbocycles. The summed E-state index contributed by atoms with van der Waals surface area (Å²) in [6.45, 7) is 2.61. The average molecular weight is 378 g/mol. The predicted molar refractivity (Wildman–Crippen MR) is 106 cm³/mol. The number of pyridine rings is 1. The Balaban J connectivity index is 1.52. The Bertz CT molecular complexity index is 1000. The van der Waals surface area contributed by atoms with Crippen LogP contribution in [0.1, 0.15) is 29.3 Å². The molecule has 0 spiro atoms. The van der Waals surface area contributed by atoms with E-state index >= 15 is 0 Å². The SMILES string of the molecule is CCC(=O)N1CCc2cc(-c3csc(NC(=O)c4cccnc4)n3)ccc21. The van der Waals surface area contributed by atoms with Crippen molar-refractivity contribution in [3.63, 3.8) is 0 Å². The van der Waals surface area contributed by atoms with E-state index in [0.717, 1.165) is 35.5 Å². The summed E-state index contributed by atoms with van der Waals surface area (Å²) in [5.74, 6) is -0.0813. The molecule has 136 valence electrons. The third kappa shape index (κ3) is 3.46. The van der Waals surface area contributed by atoms with Crippen molar-refractivity contribution in [3.8, 4) is 11.3 Å². The minimum atomic E-state index is -0.230. The zero-order chi connectivity index (χ0) is 18.8. The number of nitrogens with zero attached hydrogens (tertiary/aromatic N) is 3. The van der Waals surface area contributed by atoms with Crippen molar-refractivity contribution in [1.82, 2.24) is 9.97 Å². The molecule has 6 nitrogen and oxygen atoms in total. The molecule has 2 aromatic heterocycles. The van der Waals surface area contributed by atoms with E-state index in [0.29, 0.717) is 17.1 Å². The monoisotopic (exact) mass is 378 g/mol. The first-order valence-corrected chi connectivity index (χ1v) is 9.64. The number of fused-ring (bicyclic) bond motifs is 1. The number of amides is 2. The number of hydrogen-bond acceptors (Lipinski definition) is 5. The van der Waals surface area contributed by atoms with E-state index < -0.39 is 0 Å². The van der Waals surface area contributed by atoms with E-state index in [2.05, 4.69) is 21.4 Å². The highest BCUT2D eigenvalue weighted by atomic mass is 32.1. The quantitative estimate of drug-likeness (QED) is 0.750. The Hall–Kier alpha value is -3.06. The minimum Gasteiger partial charge on any atom is -0.312 e. The van der Waals surface area contributed by atoms with E-state index in [4.69, 9.17) is 0 Å². The highest BCUT2D eigenvalue weighted by Crippen LogP contribution is 2.33. The molecule has 0 saturated heterocycles. The second kappa shape index (κ2) is 7.28. The van der Waals surface area contributed by atoms with Crippen LogP contribution in [0.4, 0.5) is 10.8 Å². The maximum Gasteiger partial charge on any atom is 0.259 e. The Kier molecular flexibility index (Phi) is 4.68. The summed E-state index contributed by atoms with van der Waals surface area (Å²) in [7, 11) is 0. The molecule has 0 radical (unpaired) electrons. The zero-order valence-electron chi connectivity index (χ0n) is 14.8. The van der Waals surface area contributed by atoms with E-state index in [9.17, 15) is 9.59 Å². The fourth-order valence-electron chi connectivity index (χ4n) is 3.14. The number of carbonyl (C=O) groups is 2. The number of carbonyl (C=O) groups excluding carboxylic acids is 2. The molecule has 3 aromatic rings. The molecule has 1 N–H and O–H groups in total. The number of rotatable bonds is 4. The summed E-state index contributed by atoms with van der Waals surface area (Å²) >= 11 is 1.38. The van der Waals surface area contributed by atoms with Gasteiger partial charge in [0.05, 0.1) is 11.3 Å². The Morgan fingerprint density at radius 3 is 2.96 bits per heavy atom. The number of aromatic nitrogens is 2. The molecule has 0 unspecified atom stereocenters. The zero-order valence-corrected chi connectivity index (χ0v) is 15.6.